The molecule has 0 spiro atoms. The normalized spacial score (nSPS) is 17.2. The summed E-state index contributed by atoms with van der Waals surface area (Å²) in [5.74, 6) is -0.424. The van der Waals surface area contributed by atoms with Gasteiger partial charge in [0.25, 0.3) is 5.91 Å². The van der Waals surface area contributed by atoms with Gasteiger partial charge < -0.3 is 10.1 Å². The minimum atomic E-state index is -0.825. The van der Waals surface area contributed by atoms with Gasteiger partial charge in [0, 0.05) is 18.2 Å². The van der Waals surface area contributed by atoms with E-state index in [2.05, 4.69) is 15.5 Å². The van der Waals surface area contributed by atoms with Crippen LogP contribution in [-0.2, 0) is 16.0 Å². The largest absolute Gasteiger partial charge is 0.448 e. The SMILES string of the molecule is Cc1cc(NC(=O)C2Cc3ccccc3C(=O)O2)n[nH]1. The van der Waals surface area contributed by atoms with Gasteiger partial charge in [-0.2, -0.15) is 5.10 Å². The monoisotopic (exact) mass is 271 g/mol. The van der Waals surface area contributed by atoms with Crippen LogP contribution >= 0.6 is 0 Å². The topological polar surface area (TPSA) is 84.1 Å². The molecule has 0 radical (unpaired) electrons. The highest BCUT2D eigenvalue weighted by molar-refractivity contribution is 5.99. The number of aromatic nitrogens is 2. The fourth-order valence-corrected chi connectivity index (χ4v) is 2.17. The lowest BCUT2D eigenvalue weighted by molar-refractivity contribution is -0.125. The zero-order valence-corrected chi connectivity index (χ0v) is 10.8. The lowest BCUT2D eigenvalue weighted by Gasteiger charge is -2.23. The van der Waals surface area contributed by atoms with Crippen molar-refractivity contribution in [1.82, 2.24) is 10.2 Å². The summed E-state index contributed by atoms with van der Waals surface area (Å²) in [4.78, 5) is 23.9. The number of H-pyrrole nitrogens is 1. The lowest BCUT2D eigenvalue weighted by Crippen LogP contribution is -2.38. The Balaban J connectivity index is 1.76. The van der Waals surface area contributed by atoms with Crippen molar-refractivity contribution in [3.8, 4) is 0 Å². The highest BCUT2D eigenvalue weighted by Crippen LogP contribution is 2.21. The third-order valence-electron chi connectivity index (χ3n) is 3.14. The molecule has 1 unspecified atom stereocenters. The van der Waals surface area contributed by atoms with E-state index in [0.717, 1.165) is 11.3 Å². The molecule has 0 saturated heterocycles. The highest BCUT2D eigenvalue weighted by Gasteiger charge is 2.31. The van der Waals surface area contributed by atoms with Gasteiger partial charge in [-0.1, -0.05) is 18.2 Å². The second-order valence-corrected chi connectivity index (χ2v) is 4.68. The summed E-state index contributed by atoms with van der Waals surface area (Å²) in [6.07, 6.45) is -0.452. The zero-order chi connectivity index (χ0) is 14.1. The van der Waals surface area contributed by atoms with E-state index in [4.69, 9.17) is 4.74 Å². The number of nitrogens with zero attached hydrogens (tertiary/aromatic N) is 1. The standard InChI is InChI=1S/C14H13N3O3/c1-8-6-12(17-16-8)15-13(18)11-7-9-4-2-3-5-10(9)14(19)20-11/h2-6,11H,7H2,1H3,(H2,15,16,17,18). The van der Waals surface area contributed by atoms with Crippen molar-refractivity contribution in [3.63, 3.8) is 0 Å². The molecule has 1 aliphatic rings. The fourth-order valence-electron chi connectivity index (χ4n) is 2.17. The van der Waals surface area contributed by atoms with Crippen molar-refractivity contribution in [2.24, 2.45) is 0 Å². The maximum Gasteiger partial charge on any atom is 0.339 e. The van der Waals surface area contributed by atoms with Crippen LogP contribution < -0.4 is 5.32 Å². The number of hydrogen-bond donors (Lipinski definition) is 2. The molecule has 1 aromatic carbocycles. The van der Waals surface area contributed by atoms with E-state index in [1.54, 1.807) is 18.2 Å². The summed E-state index contributed by atoms with van der Waals surface area (Å²) < 4.78 is 5.16. The molecule has 1 amide bonds. The van der Waals surface area contributed by atoms with E-state index in [9.17, 15) is 9.59 Å². The third-order valence-corrected chi connectivity index (χ3v) is 3.14. The molecule has 20 heavy (non-hydrogen) atoms. The number of aromatic amines is 1. The molecule has 1 atom stereocenters. The quantitative estimate of drug-likeness (QED) is 0.809. The number of fused-ring (bicyclic) bond motifs is 1. The van der Waals surface area contributed by atoms with Crippen LogP contribution in [0.25, 0.3) is 0 Å². The Hall–Kier alpha value is -2.63. The van der Waals surface area contributed by atoms with Crippen LogP contribution in [0.3, 0.4) is 0 Å². The van der Waals surface area contributed by atoms with Gasteiger partial charge >= 0.3 is 5.97 Å². The number of anilines is 1. The molecule has 0 bridgehead atoms. The first-order valence-electron chi connectivity index (χ1n) is 6.25. The highest BCUT2D eigenvalue weighted by atomic mass is 16.5. The average molecular weight is 271 g/mol. The summed E-state index contributed by atoms with van der Waals surface area (Å²) in [5, 5.41) is 9.27. The number of esters is 1. The molecule has 0 aliphatic carbocycles. The average Bonchev–Trinajstić information content (AvgIpc) is 2.84. The first-order chi connectivity index (χ1) is 9.63. The summed E-state index contributed by atoms with van der Waals surface area (Å²) in [6, 6.07) is 8.84. The Morgan fingerprint density at radius 2 is 2.25 bits per heavy atom. The molecule has 2 aromatic rings. The van der Waals surface area contributed by atoms with Crippen molar-refractivity contribution in [1.29, 1.82) is 0 Å². The Morgan fingerprint density at radius 3 is 3.00 bits per heavy atom. The number of hydrogen-bond acceptors (Lipinski definition) is 4. The van der Waals surface area contributed by atoms with E-state index >= 15 is 0 Å². The second-order valence-electron chi connectivity index (χ2n) is 4.68. The number of amides is 1. The van der Waals surface area contributed by atoms with Gasteiger partial charge in [0.2, 0.25) is 0 Å². The van der Waals surface area contributed by atoms with Crippen molar-refractivity contribution in [3.05, 3.63) is 47.2 Å². The zero-order valence-electron chi connectivity index (χ0n) is 10.8. The molecule has 2 N–H and O–H groups in total. The number of carbonyl (C=O) groups is 2. The number of benzene rings is 1. The molecule has 6 heteroatoms. The molecular formula is C14H13N3O3. The molecule has 3 rings (SSSR count). The van der Waals surface area contributed by atoms with Gasteiger partial charge in [-0.05, 0) is 18.6 Å². The van der Waals surface area contributed by atoms with Crippen LogP contribution in [0, 0.1) is 6.92 Å². The van der Waals surface area contributed by atoms with Gasteiger partial charge in [-0.15, -0.1) is 0 Å². The first-order valence-corrected chi connectivity index (χ1v) is 6.25. The van der Waals surface area contributed by atoms with E-state index in [1.165, 1.54) is 0 Å². The Labute approximate surface area is 115 Å². The smallest absolute Gasteiger partial charge is 0.339 e. The molecule has 102 valence electrons. The fraction of sp³-hybridized carbons (Fsp3) is 0.214. The van der Waals surface area contributed by atoms with Gasteiger partial charge in [0.15, 0.2) is 11.9 Å². The summed E-state index contributed by atoms with van der Waals surface area (Å²) in [5.41, 5.74) is 2.18. The van der Waals surface area contributed by atoms with Gasteiger partial charge in [0.05, 0.1) is 5.56 Å². The van der Waals surface area contributed by atoms with Crippen LogP contribution in [0.4, 0.5) is 5.82 Å². The van der Waals surface area contributed by atoms with Crippen LogP contribution in [0.1, 0.15) is 21.6 Å². The summed E-state index contributed by atoms with van der Waals surface area (Å²) in [6.45, 7) is 1.83. The predicted octanol–water partition coefficient (Wildman–Crippen LogP) is 1.44. The Kier molecular flexibility index (Phi) is 2.98. The maximum absolute atomic E-state index is 12.1. The minimum absolute atomic E-state index is 0.372. The van der Waals surface area contributed by atoms with Crippen molar-refractivity contribution >= 4 is 17.7 Å². The number of aryl methyl sites for hydroxylation is 1. The number of carbonyl (C=O) groups excluding carboxylic acids is 2. The number of cyclic esters (lactones) is 1. The lowest BCUT2D eigenvalue weighted by atomic mass is 9.98. The Bertz CT molecular complexity index is 678. The third kappa shape index (κ3) is 2.27. The van der Waals surface area contributed by atoms with Crippen LogP contribution in [0.5, 0.6) is 0 Å². The van der Waals surface area contributed by atoms with Crippen LogP contribution in [0.2, 0.25) is 0 Å². The Morgan fingerprint density at radius 1 is 1.45 bits per heavy atom. The molecule has 0 fully saturated rings. The molecule has 1 aromatic heterocycles. The van der Waals surface area contributed by atoms with Crippen LogP contribution in [-0.4, -0.2) is 28.2 Å². The molecular weight excluding hydrogens is 258 g/mol. The van der Waals surface area contributed by atoms with Crippen molar-refractivity contribution in [2.45, 2.75) is 19.4 Å². The molecule has 1 aliphatic heterocycles. The maximum atomic E-state index is 12.1. The first kappa shape index (κ1) is 12.4. The van der Waals surface area contributed by atoms with Gasteiger partial charge in [-0.3, -0.25) is 9.89 Å². The van der Waals surface area contributed by atoms with Crippen molar-refractivity contribution < 1.29 is 14.3 Å². The van der Waals surface area contributed by atoms with Gasteiger partial charge in [-0.25, -0.2) is 4.79 Å². The van der Waals surface area contributed by atoms with E-state index in [-0.39, 0.29) is 5.91 Å². The molecule has 2 heterocycles. The van der Waals surface area contributed by atoms with Crippen LogP contribution in [0.15, 0.2) is 30.3 Å². The second kappa shape index (κ2) is 4.80. The predicted molar refractivity (Wildman–Crippen MR) is 71.3 cm³/mol. The summed E-state index contributed by atoms with van der Waals surface area (Å²) in [7, 11) is 0. The molecule has 0 saturated carbocycles. The number of ether oxygens (including phenoxy) is 1. The number of rotatable bonds is 2. The number of nitrogens with one attached hydrogen (secondary N) is 2. The van der Waals surface area contributed by atoms with Crippen molar-refractivity contribution in [2.75, 3.05) is 5.32 Å². The van der Waals surface area contributed by atoms with E-state index < -0.39 is 12.1 Å². The minimum Gasteiger partial charge on any atom is -0.448 e. The summed E-state index contributed by atoms with van der Waals surface area (Å²) >= 11 is 0. The van der Waals surface area contributed by atoms with Gasteiger partial charge in [0.1, 0.15) is 0 Å². The van der Waals surface area contributed by atoms with E-state index in [0.29, 0.717) is 17.8 Å². The molecule has 6 nitrogen and oxygen atoms in total. The van der Waals surface area contributed by atoms with E-state index in [1.807, 2.05) is 19.1 Å².